The molecule has 1 fully saturated rings. The highest BCUT2D eigenvalue weighted by atomic mass is 32.2. The van der Waals surface area contributed by atoms with E-state index in [-0.39, 0.29) is 0 Å². The Labute approximate surface area is 95.4 Å². The van der Waals surface area contributed by atoms with Crippen molar-refractivity contribution in [2.45, 2.75) is 11.8 Å². The van der Waals surface area contributed by atoms with Crippen LogP contribution in [0.15, 0.2) is 23.1 Å². The fourth-order valence-electron chi connectivity index (χ4n) is 1.62. The summed E-state index contributed by atoms with van der Waals surface area (Å²) in [6.45, 7) is 4.46. The first kappa shape index (κ1) is 10.8. The lowest BCUT2D eigenvalue weighted by Crippen LogP contribution is -2.43. The third kappa shape index (κ3) is 2.67. The molecule has 0 amide bonds. The van der Waals surface area contributed by atoms with Crippen LogP contribution >= 0.6 is 11.8 Å². The van der Waals surface area contributed by atoms with Gasteiger partial charge in [0.05, 0.1) is 7.11 Å². The van der Waals surface area contributed by atoms with Gasteiger partial charge in [-0.05, 0) is 49.7 Å². The molecule has 1 aliphatic heterocycles. The SMILES string of the molecule is COc1ccc(SCC2CNC2)cc1C. The summed E-state index contributed by atoms with van der Waals surface area (Å²) in [5.41, 5.74) is 1.22. The molecule has 1 saturated heterocycles. The molecule has 2 rings (SSSR count). The van der Waals surface area contributed by atoms with Crippen LogP contribution in [0.2, 0.25) is 0 Å². The van der Waals surface area contributed by atoms with E-state index in [1.807, 2.05) is 11.8 Å². The van der Waals surface area contributed by atoms with Crippen molar-refractivity contribution in [3.8, 4) is 5.75 Å². The summed E-state index contributed by atoms with van der Waals surface area (Å²) in [5.74, 6) is 3.06. The summed E-state index contributed by atoms with van der Waals surface area (Å²) in [6.07, 6.45) is 0. The number of aryl methyl sites for hydroxylation is 1. The van der Waals surface area contributed by atoms with Gasteiger partial charge in [-0.3, -0.25) is 0 Å². The molecule has 0 unspecified atom stereocenters. The summed E-state index contributed by atoms with van der Waals surface area (Å²) < 4.78 is 5.24. The van der Waals surface area contributed by atoms with Crippen molar-refractivity contribution < 1.29 is 4.74 Å². The highest BCUT2D eigenvalue weighted by molar-refractivity contribution is 7.99. The van der Waals surface area contributed by atoms with Crippen molar-refractivity contribution in [3.05, 3.63) is 23.8 Å². The second kappa shape index (κ2) is 4.90. The fraction of sp³-hybridized carbons (Fsp3) is 0.500. The molecule has 1 aromatic rings. The maximum Gasteiger partial charge on any atom is 0.121 e. The van der Waals surface area contributed by atoms with Crippen LogP contribution in [0.5, 0.6) is 5.75 Å². The highest BCUT2D eigenvalue weighted by Crippen LogP contribution is 2.27. The molecule has 2 nitrogen and oxygen atoms in total. The number of hydrogen-bond donors (Lipinski definition) is 1. The zero-order chi connectivity index (χ0) is 10.7. The standard InChI is InChI=1S/C12H17NOS/c1-9-5-11(3-4-12(9)14-2)15-8-10-6-13-7-10/h3-5,10,13H,6-8H2,1-2H3. The molecular weight excluding hydrogens is 206 g/mol. The number of benzene rings is 1. The van der Waals surface area contributed by atoms with E-state index in [0.717, 1.165) is 11.7 Å². The average Bonchev–Trinajstić information content (AvgIpc) is 2.16. The molecule has 0 saturated carbocycles. The highest BCUT2D eigenvalue weighted by Gasteiger charge is 2.16. The van der Waals surface area contributed by atoms with Crippen LogP contribution in [0.25, 0.3) is 0 Å². The molecule has 0 aliphatic carbocycles. The Hall–Kier alpha value is -0.670. The molecule has 0 aromatic heterocycles. The topological polar surface area (TPSA) is 21.3 Å². The first-order valence-electron chi connectivity index (χ1n) is 5.28. The Balaban J connectivity index is 1.93. The summed E-state index contributed by atoms with van der Waals surface area (Å²) in [5, 5.41) is 3.29. The molecule has 0 atom stereocenters. The van der Waals surface area contributed by atoms with Gasteiger partial charge < -0.3 is 10.1 Å². The van der Waals surface area contributed by atoms with Crippen molar-refractivity contribution in [2.75, 3.05) is 26.0 Å². The average molecular weight is 223 g/mol. The van der Waals surface area contributed by atoms with Gasteiger partial charge in [0.1, 0.15) is 5.75 Å². The molecule has 82 valence electrons. The Bertz CT molecular complexity index is 336. The van der Waals surface area contributed by atoms with Gasteiger partial charge in [-0.1, -0.05) is 0 Å². The molecule has 1 N–H and O–H groups in total. The summed E-state index contributed by atoms with van der Waals surface area (Å²) in [4.78, 5) is 1.35. The van der Waals surface area contributed by atoms with Crippen LogP contribution in [0.4, 0.5) is 0 Å². The van der Waals surface area contributed by atoms with Crippen LogP contribution in [-0.4, -0.2) is 26.0 Å². The summed E-state index contributed by atoms with van der Waals surface area (Å²) >= 11 is 1.94. The van der Waals surface area contributed by atoms with Gasteiger partial charge in [0.15, 0.2) is 0 Å². The molecule has 1 aromatic carbocycles. The summed E-state index contributed by atoms with van der Waals surface area (Å²) in [6, 6.07) is 6.40. The molecular formula is C12H17NOS. The molecule has 0 radical (unpaired) electrons. The van der Waals surface area contributed by atoms with Gasteiger partial charge >= 0.3 is 0 Å². The minimum absolute atomic E-state index is 0.859. The predicted molar refractivity (Wildman–Crippen MR) is 64.8 cm³/mol. The van der Waals surface area contributed by atoms with Gasteiger partial charge in [0, 0.05) is 10.6 Å². The first-order chi connectivity index (χ1) is 7.29. The van der Waals surface area contributed by atoms with Gasteiger partial charge in [-0.2, -0.15) is 0 Å². The first-order valence-corrected chi connectivity index (χ1v) is 6.26. The van der Waals surface area contributed by atoms with E-state index >= 15 is 0 Å². The molecule has 0 bridgehead atoms. The quantitative estimate of drug-likeness (QED) is 0.792. The predicted octanol–water partition coefficient (Wildman–Crippen LogP) is 2.32. The summed E-state index contributed by atoms with van der Waals surface area (Å²) in [7, 11) is 1.72. The van der Waals surface area contributed by atoms with E-state index in [1.54, 1.807) is 7.11 Å². The molecule has 0 spiro atoms. The number of methoxy groups -OCH3 is 1. The Morgan fingerprint density at radius 2 is 2.27 bits per heavy atom. The minimum Gasteiger partial charge on any atom is -0.496 e. The van der Waals surface area contributed by atoms with Crippen LogP contribution in [0, 0.1) is 12.8 Å². The van der Waals surface area contributed by atoms with Crippen LogP contribution in [-0.2, 0) is 0 Å². The third-order valence-electron chi connectivity index (χ3n) is 2.72. The Morgan fingerprint density at radius 1 is 1.47 bits per heavy atom. The number of rotatable bonds is 4. The van der Waals surface area contributed by atoms with E-state index in [1.165, 1.54) is 29.3 Å². The zero-order valence-corrected chi connectivity index (χ0v) is 10.1. The van der Waals surface area contributed by atoms with Crippen LogP contribution in [0.3, 0.4) is 0 Å². The second-order valence-corrected chi connectivity index (χ2v) is 5.06. The van der Waals surface area contributed by atoms with E-state index in [4.69, 9.17) is 4.74 Å². The van der Waals surface area contributed by atoms with Crippen LogP contribution < -0.4 is 10.1 Å². The van der Waals surface area contributed by atoms with Crippen molar-refractivity contribution >= 4 is 11.8 Å². The lowest BCUT2D eigenvalue weighted by atomic mass is 10.1. The Kier molecular flexibility index (Phi) is 3.54. The lowest BCUT2D eigenvalue weighted by Gasteiger charge is -2.26. The van der Waals surface area contributed by atoms with Crippen molar-refractivity contribution in [1.29, 1.82) is 0 Å². The van der Waals surface area contributed by atoms with Crippen molar-refractivity contribution in [2.24, 2.45) is 5.92 Å². The van der Waals surface area contributed by atoms with E-state index in [0.29, 0.717) is 0 Å². The maximum atomic E-state index is 5.24. The van der Waals surface area contributed by atoms with E-state index in [2.05, 4.69) is 30.4 Å². The van der Waals surface area contributed by atoms with Gasteiger partial charge in [0.25, 0.3) is 0 Å². The van der Waals surface area contributed by atoms with E-state index in [9.17, 15) is 0 Å². The van der Waals surface area contributed by atoms with E-state index < -0.39 is 0 Å². The minimum atomic E-state index is 0.859. The largest absolute Gasteiger partial charge is 0.496 e. The Morgan fingerprint density at radius 3 is 2.80 bits per heavy atom. The second-order valence-electron chi connectivity index (χ2n) is 3.97. The van der Waals surface area contributed by atoms with Gasteiger partial charge in [-0.25, -0.2) is 0 Å². The zero-order valence-electron chi connectivity index (χ0n) is 9.25. The number of nitrogens with one attached hydrogen (secondary N) is 1. The van der Waals surface area contributed by atoms with Gasteiger partial charge in [-0.15, -0.1) is 11.8 Å². The normalized spacial score (nSPS) is 16.1. The van der Waals surface area contributed by atoms with Crippen molar-refractivity contribution in [3.63, 3.8) is 0 Å². The number of ether oxygens (including phenoxy) is 1. The fourth-order valence-corrected chi connectivity index (χ4v) is 2.71. The molecule has 1 heterocycles. The monoisotopic (exact) mass is 223 g/mol. The van der Waals surface area contributed by atoms with Crippen LogP contribution in [0.1, 0.15) is 5.56 Å². The molecule has 1 aliphatic rings. The smallest absolute Gasteiger partial charge is 0.121 e. The third-order valence-corrected chi connectivity index (χ3v) is 3.94. The maximum absolute atomic E-state index is 5.24. The lowest BCUT2D eigenvalue weighted by molar-refractivity contribution is 0.385. The van der Waals surface area contributed by atoms with Crippen molar-refractivity contribution in [1.82, 2.24) is 5.32 Å². The molecule has 15 heavy (non-hydrogen) atoms. The number of thioether (sulfide) groups is 1. The number of hydrogen-bond acceptors (Lipinski definition) is 3. The van der Waals surface area contributed by atoms with Gasteiger partial charge in [0.2, 0.25) is 0 Å². The molecule has 3 heteroatoms.